The molecule has 0 saturated carbocycles. The summed E-state index contributed by atoms with van der Waals surface area (Å²) in [5.41, 5.74) is 0.592. The Balaban J connectivity index is 1.24. The Labute approximate surface area is 200 Å². The number of rotatable bonds is 4. The molecule has 0 amide bonds. The first-order valence-electron chi connectivity index (χ1n) is 11.7. The third kappa shape index (κ3) is 4.98. The Kier molecular flexibility index (Phi) is 6.16. The molecule has 186 valence electrons. The van der Waals surface area contributed by atoms with Crippen molar-refractivity contribution in [2.24, 2.45) is 5.92 Å². The van der Waals surface area contributed by atoms with Crippen molar-refractivity contribution in [1.29, 1.82) is 0 Å². The molecule has 2 fully saturated rings. The number of piperidine rings is 1. The second-order valence-corrected chi connectivity index (χ2v) is 9.38. The zero-order valence-electron chi connectivity index (χ0n) is 19.4. The van der Waals surface area contributed by atoms with Gasteiger partial charge in [0, 0.05) is 37.9 Å². The summed E-state index contributed by atoms with van der Waals surface area (Å²) in [6.45, 7) is 2.25. The summed E-state index contributed by atoms with van der Waals surface area (Å²) >= 11 is 0. The first-order chi connectivity index (χ1) is 16.7. The number of nitrogens with one attached hydrogen (secondary N) is 1. The van der Waals surface area contributed by atoms with E-state index in [0.717, 1.165) is 56.7 Å². The number of H-pyrrole nitrogens is 1. The number of aromatic amines is 1. The monoisotopic (exact) mass is 488 g/mol. The quantitative estimate of drug-likeness (QED) is 0.523. The molecular weight excluding hydrogens is 461 g/mol. The summed E-state index contributed by atoms with van der Waals surface area (Å²) in [6.07, 6.45) is 1.19. The first-order valence-corrected chi connectivity index (χ1v) is 11.7. The third-order valence-corrected chi connectivity index (χ3v) is 7.11. The van der Waals surface area contributed by atoms with E-state index in [1.807, 2.05) is 12.1 Å². The molecule has 1 atom stereocenters. The molecule has 35 heavy (non-hydrogen) atoms. The van der Waals surface area contributed by atoms with Gasteiger partial charge in [0.25, 0.3) is 0 Å². The number of pyridine rings is 1. The molecule has 7 nitrogen and oxygen atoms in total. The lowest BCUT2D eigenvalue weighted by atomic mass is 9.78. The Morgan fingerprint density at radius 3 is 2.74 bits per heavy atom. The maximum Gasteiger partial charge on any atom is 0.416 e. The molecule has 1 aromatic carbocycles. The summed E-state index contributed by atoms with van der Waals surface area (Å²) in [6, 6.07) is 7.25. The van der Waals surface area contributed by atoms with E-state index in [9.17, 15) is 18.0 Å². The highest BCUT2D eigenvalue weighted by Crippen LogP contribution is 2.39. The Bertz CT molecular complexity index is 1200. The summed E-state index contributed by atoms with van der Waals surface area (Å²) < 4.78 is 50.0. The van der Waals surface area contributed by atoms with Crippen molar-refractivity contribution < 1.29 is 27.4 Å². The van der Waals surface area contributed by atoms with Crippen LogP contribution in [0, 0.1) is 5.92 Å². The second-order valence-electron chi connectivity index (χ2n) is 9.38. The second kappa shape index (κ2) is 9.14. The maximum absolute atomic E-state index is 13.0. The van der Waals surface area contributed by atoms with Crippen LogP contribution in [0.3, 0.4) is 0 Å². The van der Waals surface area contributed by atoms with Gasteiger partial charge in [0.15, 0.2) is 0 Å². The number of halogens is 3. The van der Waals surface area contributed by atoms with Gasteiger partial charge in [0.2, 0.25) is 0 Å². The normalized spacial score (nSPS) is 20.3. The lowest BCUT2D eigenvalue weighted by Crippen LogP contribution is -2.49. The first kappa shape index (κ1) is 23.6. The van der Waals surface area contributed by atoms with E-state index in [2.05, 4.69) is 19.9 Å². The Morgan fingerprint density at radius 1 is 1.26 bits per heavy atom. The van der Waals surface area contributed by atoms with Crippen LogP contribution >= 0.6 is 0 Å². The fraction of sp³-hybridized carbons (Fsp3) is 0.480. The van der Waals surface area contributed by atoms with Gasteiger partial charge >= 0.3 is 12.1 Å². The van der Waals surface area contributed by atoms with E-state index >= 15 is 0 Å². The lowest BCUT2D eigenvalue weighted by Gasteiger charge is -2.46. The molecule has 0 aliphatic carbocycles. The van der Waals surface area contributed by atoms with Crippen LogP contribution in [0.25, 0.3) is 22.4 Å². The summed E-state index contributed by atoms with van der Waals surface area (Å²) in [5.74, 6) is 1.43. The predicted molar refractivity (Wildman–Crippen MR) is 124 cm³/mol. The molecule has 1 N–H and O–H groups in total. The number of methoxy groups -OCH3 is 1. The van der Waals surface area contributed by atoms with E-state index in [1.54, 1.807) is 6.20 Å². The fourth-order valence-electron chi connectivity index (χ4n) is 5.15. The van der Waals surface area contributed by atoms with Crippen LogP contribution in [-0.2, 0) is 20.4 Å². The number of alkyl halides is 3. The number of carbonyl (C=O) groups excluding carboxylic acids is 1. The molecule has 5 rings (SSSR count). The van der Waals surface area contributed by atoms with Gasteiger partial charge in [-0.05, 0) is 61.9 Å². The Hall–Kier alpha value is -3.14. The standard InChI is InChI=1S/C25H27F3N4O3/c1-34-22(33)12-16-6-11-35-24(14-16)7-9-32(10-8-24)21-5-2-17(15-29-21)23-30-19-4-3-18(25(26,27)28)13-20(19)31-23/h2-5,13,15-16H,6-12,14H2,1H3,(H,30,31). The van der Waals surface area contributed by atoms with Crippen molar-refractivity contribution in [3.05, 3.63) is 42.1 Å². The van der Waals surface area contributed by atoms with Crippen molar-refractivity contribution in [3.8, 4) is 11.4 Å². The minimum Gasteiger partial charge on any atom is -0.469 e. The van der Waals surface area contributed by atoms with Crippen molar-refractivity contribution in [2.75, 3.05) is 31.7 Å². The van der Waals surface area contributed by atoms with Gasteiger partial charge in [-0.3, -0.25) is 4.79 Å². The number of ether oxygens (including phenoxy) is 2. The van der Waals surface area contributed by atoms with Crippen molar-refractivity contribution in [2.45, 2.75) is 43.9 Å². The number of hydrogen-bond acceptors (Lipinski definition) is 6. The number of fused-ring (bicyclic) bond motifs is 1. The number of hydrogen-bond donors (Lipinski definition) is 1. The number of benzene rings is 1. The van der Waals surface area contributed by atoms with Gasteiger partial charge in [-0.2, -0.15) is 13.2 Å². The maximum atomic E-state index is 13.0. The van der Waals surface area contributed by atoms with Gasteiger partial charge in [-0.1, -0.05) is 0 Å². The number of carbonyl (C=O) groups is 1. The van der Waals surface area contributed by atoms with Gasteiger partial charge < -0.3 is 19.4 Å². The predicted octanol–water partition coefficient (Wildman–Crippen LogP) is 4.97. The molecule has 2 aromatic heterocycles. The molecule has 2 aliphatic heterocycles. The smallest absolute Gasteiger partial charge is 0.416 e. The third-order valence-electron chi connectivity index (χ3n) is 7.11. The van der Waals surface area contributed by atoms with Crippen LogP contribution in [0.5, 0.6) is 0 Å². The molecule has 3 aromatic rings. The number of imidazole rings is 1. The number of nitrogens with zero attached hydrogens (tertiary/aromatic N) is 3. The highest BCUT2D eigenvalue weighted by atomic mass is 19.4. The molecular formula is C25H27F3N4O3. The van der Waals surface area contributed by atoms with E-state index in [0.29, 0.717) is 35.4 Å². The minimum absolute atomic E-state index is 0.168. The van der Waals surface area contributed by atoms with Crippen LogP contribution in [0.4, 0.5) is 19.0 Å². The number of anilines is 1. The molecule has 4 heterocycles. The highest BCUT2D eigenvalue weighted by molar-refractivity contribution is 5.80. The SMILES string of the molecule is COC(=O)CC1CCOC2(CCN(c3ccc(-c4nc5ccc(C(F)(F)F)cc5[nH]4)cn3)CC2)C1. The van der Waals surface area contributed by atoms with E-state index < -0.39 is 11.7 Å². The number of esters is 1. The van der Waals surface area contributed by atoms with Crippen LogP contribution < -0.4 is 4.90 Å². The average Bonchev–Trinajstić information content (AvgIpc) is 3.28. The molecule has 2 aliphatic rings. The summed E-state index contributed by atoms with van der Waals surface area (Å²) in [7, 11) is 1.42. The minimum atomic E-state index is -4.40. The van der Waals surface area contributed by atoms with Crippen molar-refractivity contribution in [3.63, 3.8) is 0 Å². The lowest BCUT2D eigenvalue weighted by molar-refractivity contribution is -0.146. The van der Waals surface area contributed by atoms with Crippen molar-refractivity contribution in [1.82, 2.24) is 15.0 Å². The highest BCUT2D eigenvalue weighted by Gasteiger charge is 2.41. The zero-order chi connectivity index (χ0) is 24.6. The van der Waals surface area contributed by atoms with Crippen LogP contribution in [-0.4, -0.2) is 53.3 Å². The average molecular weight is 489 g/mol. The van der Waals surface area contributed by atoms with Crippen molar-refractivity contribution >= 4 is 22.8 Å². The van der Waals surface area contributed by atoms with Gasteiger partial charge in [-0.15, -0.1) is 0 Å². The largest absolute Gasteiger partial charge is 0.469 e. The fourth-order valence-corrected chi connectivity index (χ4v) is 5.15. The van der Waals surface area contributed by atoms with Crippen LogP contribution in [0.2, 0.25) is 0 Å². The van der Waals surface area contributed by atoms with Crippen LogP contribution in [0.15, 0.2) is 36.5 Å². The molecule has 2 saturated heterocycles. The van der Waals surface area contributed by atoms with Gasteiger partial charge in [0.1, 0.15) is 11.6 Å². The van der Waals surface area contributed by atoms with E-state index in [-0.39, 0.29) is 17.5 Å². The number of aromatic nitrogens is 3. The molecule has 0 bridgehead atoms. The van der Waals surface area contributed by atoms with Gasteiger partial charge in [0.05, 0.1) is 29.3 Å². The topological polar surface area (TPSA) is 80.3 Å². The molecule has 1 unspecified atom stereocenters. The molecule has 10 heteroatoms. The molecule has 1 spiro atoms. The van der Waals surface area contributed by atoms with Gasteiger partial charge in [-0.25, -0.2) is 9.97 Å². The summed E-state index contributed by atoms with van der Waals surface area (Å²) in [5, 5.41) is 0. The van der Waals surface area contributed by atoms with E-state index in [4.69, 9.17) is 9.47 Å². The summed E-state index contributed by atoms with van der Waals surface area (Å²) in [4.78, 5) is 25.9. The van der Waals surface area contributed by atoms with E-state index in [1.165, 1.54) is 13.2 Å². The molecule has 0 radical (unpaired) electrons. The zero-order valence-corrected chi connectivity index (χ0v) is 19.4. The Morgan fingerprint density at radius 2 is 2.06 bits per heavy atom. The van der Waals surface area contributed by atoms with Crippen LogP contribution in [0.1, 0.15) is 37.7 Å².